The van der Waals surface area contributed by atoms with Gasteiger partial charge in [-0.2, -0.15) is 5.10 Å². The van der Waals surface area contributed by atoms with E-state index in [4.69, 9.17) is 5.73 Å². The summed E-state index contributed by atoms with van der Waals surface area (Å²) in [7, 11) is 0. The van der Waals surface area contributed by atoms with Crippen molar-refractivity contribution in [2.24, 2.45) is 5.73 Å². The summed E-state index contributed by atoms with van der Waals surface area (Å²) < 4.78 is 14.8. The second kappa shape index (κ2) is 5.71. The highest BCUT2D eigenvalue weighted by Gasteiger charge is 2.23. The third-order valence-corrected chi connectivity index (χ3v) is 3.22. The maximum atomic E-state index is 12.9. The zero-order valence-electron chi connectivity index (χ0n) is 12.2. The lowest BCUT2D eigenvalue weighted by Gasteiger charge is -2.25. The first kappa shape index (κ1) is 14.7. The standard InChI is InChI=1S/C15H21FN4/c1-11(2)20-14(18-10-19-20)9-15(3,17)8-12-4-6-13(16)7-5-12/h4-7,10-11H,8-9,17H2,1-3H3. The Bertz CT molecular complexity index is 558. The summed E-state index contributed by atoms with van der Waals surface area (Å²) >= 11 is 0. The summed E-state index contributed by atoms with van der Waals surface area (Å²) in [5, 5.41) is 4.22. The third kappa shape index (κ3) is 3.63. The number of nitrogens with two attached hydrogens (primary N) is 1. The maximum Gasteiger partial charge on any atom is 0.138 e. The Morgan fingerprint density at radius 2 is 1.90 bits per heavy atom. The molecule has 1 aromatic heterocycles. The van der Waals surface area contributed by atoms with Crippen molar-refractivity contribution in [3.63, 3.8) is 0 Å². The van der Waals surface area contributed by atoms with Gasteiger partial charge in [0.1, 0.15) is 18.0 Å². The number of benzene rings is 1. The van der Waals surface area contributed by atoms with Crippen molar-refractivity contribution in [1.82, 2.24) is 14.8 Å². The number of halogens is 1. The van der Waals surface area contributed by atoms with E-state index in [2.05, 4.69) is 23.9 Å². The summed E-state index contributed by atoms with van der Waals surface area (Å²) in [6.45, 7) is 6.10. The van der Waals surface area contributed by atoms with E-state index in [0.29, 0.717) is 12.8 Å². The molecule has 0 saturated carbocycles. The molecule has 0 spiro atoms. The van der Waals surface area contributed by atoms with E-state index in [-0.39, 0.29) is 11.9 Å². The lowest BCUT2D eigenvalue weighted by molar-refractivity contribution is 0.419. The summed E-state index contributed by atoms with van der Waals surface area (Å²) in [5.41, 5.74) is 6.95. The van der Waals surface area contributed by atoms with Crippen LogP contribution in [0.5, 0.6) is 0 Å². The van der Waals surface area contributed by atoms with E-state index in [1.807, 2.05) is 11.6 Å². The molecule has 1 unspecified atom stereocenters. The van der Waals surface area contributed by atoms with Crippen LogP contribution < -0.4 is 5.73 Å². The van der Waals surface area contributed by atoms with Crippen LogP contribution in [0, 0.1) is 5.82 Å². The minimum Gasteiger partial charge on any atom is -0.325 e. The summed E-state index contributed by atoms with van der Waals surface area (Å²) in [4.78, 5) is 4.29. The van der Waals surface area contributed by atoms with Crippen LogP contribution in [0.3, 0.4) is 0 Å². The van der Waals surface area contributed by atoms with Crippen molar-refractivity contribution < 1.29 is 4.39 Å². The van der Waals surface area contributed by atoms with Gasteiger partial charge in [-0.15, -0.1) is 0 Å². The van der Waals surface area contributed by atoms with Crippen LogP contribution in [0.1, 0.15) is 38.2 Å². The number of aromatic nitrogens is 3. The molecule has 0 bridgehead atoms. The van der Waals surface area contributed by atoms with Gasteiger partial charge in [0.05, 0.1) is 0 Å². The van der Waals surface area contributed by atoms with Gasteiger partial charge < -0.3 is 5.73 Å². The van der Waals surface area contributed by atoms with E-state index in [1.165, 1.54) is 12.1 Å². The normalized spacial score (nSPS) is 14.5. The van der Waals surface area contributed by atoms with Gasteiger partial charge >= 0.3 is 0 Å². The average molecular weight is 276 g/mol. The zero-order chi connectivity index (χ0) is 14.8. The molecule has 2 rings (SSSR count). The predicted octanol–water partition coefficient (Wildman–Crippen LogP) is 2.50. The quantitative estimate of drug-likeness (QED) is 0.913. The van der Waals surface area contributed by atoms with Gasteiger partial charge in [-0.25, -0.2) is 14.1 Å². The molecule has 0 aliphatic heterocycles. The topological polar surface area (TPSA) is 56.7 Å². The van der Waals surface area contributed by atoms with E-state index in [9.17, 15) is 4.39 Å². The van der Waals surface area contributed by atoms with E-state index < -0.39 is 5.54 Å². The van der Waals surface area contributed by atoms with Crippen LogP contribution in [0.4, 0.5) is 4.39 Å². The molecule has 5 heteroatoms. The van der Waals surface area contributed by atoms with Crippen molar-refractivity contribution in [1.29, 1.82) is 0 Å². The molecule has 0 aliphatic rings. The Kier molecular flexibility index (Phi) is 4.18. The molecular weight excluding hydrogens is 255 g/mol. The Morgan fingerprint density at radius 3 is 2.50 bits per heavy atom. The monoisotopic (exact) mass is 276 g/mol. The second-order valence-corrected chi connectivity index (χ2v) is 5.85. The minimum atomic E-state index is -0.447. The van der Waals surface area contributed by atoms with Gasteiger partial charge in [-0.3, -0.25) is 0 Å². The van der Waals surface area contributed by atoms with E-state index in [0.717, 1.165) is 11.4 Å². The number of hydrogen-bond acceptors (Lipinski definition) is 3. The Hall–Kier alpha value is -1.75. The first-order valence-electron chi connectivity index (χ1n) is 6.79. The Balaban J connectivity index is 2.10. The van der Waals surface area contributed by atoms with Gasteiger partial charge in [-0.05, 0) is 44.9 Å². The third-order valence-electron chi connectivity index (χ3n) is 3.22. The molecule has 0 aliphatic carbocycles. The molecule has 0 fully saturated rings. The fourth-order valence-electron chi connectivity index (χ4n) is 2.32. The van der Waals surface area contributed by atoms with E-state index >= 15 is 0 Å². The molecule has 0 radical (unpaired) electrons. The molecule has 108 valence electrons. The highest BCUT2D eigenvalue weighted by Crippen LogP contribution is 2.17. The minimum absolute atomic E-state index is 0.230. The van der Waals surface area contributed by atoms with Crippen molar-refractivity contribution >= 4 is 0 Å². The van der Waals surface area contributed by atoms with Crippen molar-refractivity contribution in [2.75, 3.05) is 0 Å². The fourth-order valence-corrected chi connectivity index (χ4v) is 2.32. The zero-order valence-corrected chi connectivity index (χ0v) is 12.2. The smallest absolute Gasteiger partial charge is 0.138 e. The van der Waals surface area contributed by atoms with Crippen molar-refractivity contribution in [3.05, 3.63) is 47.8 Å². The van der Waals surface area contributed by atoms with Crippen LogP contribution in [-0.4, -0.2) is 20.3 Å². The first-order valence-corrected chi connectivity index (χ1v) is 6.79. The van der Waals surface area contributed by atoms with Crippen LogP contribution in [0.15, 0.2) is 30.6 Å². The van der Waals surface area contributed by atoms with Gasteiger partial charge in [0.15, 0.2) is 0 Å². The van der Waals surface area contributed by atoms with Crippen molar-refractivity contribution in [3.8, 4) is 0 Å². The molecule has 20 heavy (non-hydrogen) atoms. The summed E-state index contributed by atoms with van der Waals surface area (Å²) in [6, 6.07) is 6.72. The van der Waals surface area contributed by atoms with Crippen LogP contribution in [0.2, 0.25) is 0 Å². The Labute approximate surface area is 118 Å². The largest absolute Gasteiger partial charge is 0.325 e. The fraction of sp³-hybridized carbons (Fsp3) is 0.467. The summed E-state index contributed by atoms with van der Waals surface area (Å²) in [6.07, 6.45) is 2.85. The highest BCUT2D eigenvalue weighted by molar-refractivity contribution is 5.19. The lowest BCUT2D eigenvalue weighted by atomic mass is 9.90. The van der Waals surface area contributed by atoms with Gasteiger partial charge in [0.2, 0.25) is 0 Å². The second-order valence-electron chi connectivity index (χ2n) is 5.85. The van der Waals surface area contributed by atoms with Gasteiger partial charge in [-0.1, -0.05) is 12.1 Å². The van der Waals surface area contributed by atoms with Crippen LogP contribution >= 0.6 is 0 Å². The molecule has 1 heterocycles. The number of hydrogen-bond donors (Lipinski definition) is 1. The Morgan fingerprint density at radius 1 is 1.25 bits per heavy atom. The predicted molar refractivity (Wildman–Crippen MR) is 76.8 cm³/mol. The lowest BCUT2D eigenvalue weighted by Crippen LogP contribution is -2.41. The first-order chi connectivity index (χ1) is 9.37. The number of nitrogens with zero attached hydrogens (tertiary/aromatic N) is 3. The van der Waals surface area contributed by atoms with Gasteiger partial charge in [0, 0.05) is 18.0 Å². The molecule has 4 nitrogen and oxygen atoms in total. The molecule has 0 amide bonds. The molecule has 2 aromatic rings. The highest BCUT2D eigenvalue weighted by atomic mass is 19.1. The van der Waals surface area contributed by atoms with Gasteiger partial charge in [0.25, 0.3) is 0 Å². The molecule has 0 saturated heterocycles. The molecule has 1 atom stereocenters. The SMILES string of the molecule is CC(C)n1ncnc1CC(C)(N)Cc1ccc(F)cc1. The van der Waals surface area contributed by atoms with Crippen LogP contribution in [-0.2, 0) is 12.8 Å². The van der Waals surface area contributed by atoms with E-state index in [1.54, 1.807) is 18.5 Å². The number of rotatable bonds is 5. The summed E-state index contributed by atoms with van der Waals surface area (Å²) in [5.74, 6) is 0.652. The molecular formula is C15H21FN4. The van der Waals surface area contributed by atoms with Crippen molar-refractivity contribution in [2.45, 2.75) is 45.2 Å². The maximum absolute atomic E-state index is 12.9. The van der Waals surface area contributed by atoms with Crippen LogP contribution in [0.25, 0.3) is 0 Å². The average Bonchev–Trinajstić information content (AvgIpc) is 2.79. The molecule has 2 N–H and O–H groups in total. The molecule has 1 aromatic carbocycles.